The van der Waals surface area contributed by atoms with Crippen LogP contribution in [0.15, 0.2) is 48.5 Å². The molecule has 1 saturated heterocycles. The summed E-state index contributed by atoms with van der Waals surface area (Å²) >= 11 is 0. The van der Waals surface area contributed by atoms with E-state index in [9.17, 15) is 13.2 Å². The molecule has 0 aromatic heterocycles. The van der Waals surface area contributed by atoms with Gasteiger partial charge in [0.05, 0.1) is 18.1 Å². The van der Waals surface area contributed by atoms with Crippen LogP contribution in [-0.4, -0.2) is 57.5 Å². The number of unbranched alkanes of at least 4 members (excludes halogenated alkanes) is 2. The first-order valence-electron chi connectivity index (χ1n) is 11.3. The fraction of sp³-hybridized carbons (Fsp3) is 0.480. The number of nitrogens with zero attached hydrogens (tertiary/aromatic N) is 2. The molecular weight excluding hydrogens is 424 g/mol. The number of amides is 1. The molecule has 2 aromatic rings. The Hall–Kier alpha value is -2.54. The predicted molar refractivity (Wildman–Crippen MR) is 129 cm³/mol. The van der Waals surface area contributed by atoms with Gasteiger partial charge in [0.15, 0.2) is 9.84 Å². The SMILES string of the molecule is CCCCCOc1ccc(C(=O)N(Cc2ccc(N(C)C)cc2)[C@H]2CCS(=O)(=O)C2)cc1. The lowest BCUT2D eigenvalue weighted by Gasteiger charge is -2.29. The summed E-state index contributed by atoms with van der Waals surface area (Å²) in [5, 5.41) is 0. The summed E-state index contributed by atoms with van der Waals surface area (Å²) in [6, 6.07) is 14.8. The number of benzene rings is 2. The van der Waals surface area contributed by atoms with Gasteiger partial charge in [-0.25, -0.2) is 8.42 Å². The Kier molecular flexibility index (Phi) is 8.18. The Morgan fingerprint density at radius 1 is 1.03 bits per heavy atom. The van der Waals surface area contributed by atoms with Gasteiger partial charge in [0.25, 0.3) is 5.91 Å². The van der Waals surface area contributed by atoms with E-state index in [1.54, 1.807) is 17.0 Å². The largest absolute Gasteiger partial charge is 0.494 e. The molecule has 0 aliphatic carbocycles. The third kappa shape index (κ3) is 6.48. The fourth-order valence-electron chi connectivity index (χ4n) is 3.89. The van der Waals surface area contributed by atoms with Crippen molar-refractivity contribution in [3.05, 3.63) is 59.7 Å². The van der Waals surface area contributed by atoms with E-state index in [1.807, 2.05) is 55.4 Å². The van der Waals surface area contributed by atoms with Gasteiger partial charge in [-0.1, -0.05) is 31.9 Å². The van der Waals surface area contributed by atoms with Gasteiger partial charge >= 0.3 is 0 Å². The molecular formula is C25H34N2O4S. The van der Waals surface area contributed by atoms with E-state index in [-0.39, 0.29) is 23.5 Å². The van der Waals surface area contributed by atoms with E-state index >= 15 is 0 Å². The summed E-state index contributed by atoms with van der Waals surface area (Å²) in [6.07, 6.45) is 3.75. The van der Waals surface area contributed by atoms with Crippen LogP contribution in [0.5, 0.6) is 5.75 Å². The van der Waals surface area contributed by atoms with Crippen molar-refractivity contribution in [3.8, 4) is 5.75 Å². The van der Waals surface area contributed by atoms with Crippen LogP contribution in [-0.2, 0) is 16.4 Å². The minimum absolute atomic E-state index is 0.0210. The lowest BCUT2D eigenvalue weighted by Crippen LogP contribution is -2.40. The Bertz CT molecular complexity index is 986. The molecule has 1 aliphatic heterocycles. The van der Waals surface area contributed by atoms with Crippen molar-refractivity contribution in [3.63, 3.8) is 0 Å². The minimum Gasteiger partial charge on any atom is -0.494 e. The van der Waals surface area contributed by atoms with Gasteiger partial charge < -0.3 is 14.5 Å². The molecule has 0 radical (unpaired) electrons. The minimum atomic E-state index is -3.11. The van der Waals surface area contributed by atoms with Crippen molar-refractivity contribution in [2.75, 3.05) is 37.1 Å². The van der Waals surface area contributed by atoms with Crippen molar-refractivity contribution in [2.24, 2.45) is 0 Å². The van der Waals surface area contributed by atoms with Gasteiger partial charge in [-0.05, 0) is 54.8 Å². The molecule has 7 heteroatoms. The Balaban J connectivity index is 1.76. The third-order valence-corrected chi connectivity index (χ3v) is 7.58. The first-order chi connectivity index (χ1) is 15.3. The summed E-state index contributed by atoms with van der Waals surface area (Å²) in [7, 11) is 0.846. The van der Waals surface area contributed by atoms with Crippen molar-refractivity contribution in [2.45, 2.75) is 45.2 Å². The lowest BCUT2D eigenvalue weighted by molar-refractivity contribution is 0.0681. The van der Waals surface area contributed by atoms with Gasteiger partial charge in [0.1, 0.15) is 5.75 Å². The maximum Gasteiger partial charge on any atom is 0.254 e. The highest BCUT2D eigenvalue weighted by molar-refractivity contribution is 7.91. The van der Waals surface area contributed by atoms with Crippen molar-refractivity contribution >= 4 is 21.4 Å². The van der Waals surface area contributed by atoms with E-state index in [2.05, 4.69) is 6.92 Å². The summed E-state index contributed by atoms with van der Waals surface area (Å²) in [5.41, 5.74) is 2.59. The normalized spacial score (nSPS) is 17.2. The maximum atomic E-state index is 13.4. The Labute approximate surface area is 192 Å². The van der Waals surface area contributed by atoms with Gasteiger partial charge in [-0.3, -0.25) is 4.79 Å². The molecule has 0 unspecified atom stereocenters. The van der Waals surface area contributed by atoms with E-state index in [4.69, 9.17) is 4.74 Å². The molecule has 0 saturated carbocycles. The quantitative estimate of drug-likeness (QED) is 0.501. The molecule has 0 bridgehead atoms. The monoisotopic (exact) mass is 458 g/mol. The van der Waals surface area contributed by atoms with Gasteiger partial charge in [0, 0.05) is 37.9 Å². The van der Waals surface area contributed by atoms with Crippen LogP contribution in [0.25, 0.3) is 0 Å². The average molecular weight is 459 g/mol. The first kappa shape index (κ1) is 24.1. The number of rotatable bonds is 10. The van der Waals surface area contributed by atoms with Gasteiger partial charge in [-0.15, -0.1) is 0 Å². The molecule has 1 fully saturated rings. The highest BCUT2D eigenvalue weighted by Crippen LogP contribution is 2.24. The molecule has 6 nitrogen and oxygen atoms in total. The van der Waals surface area contributed by atoms with Crippen LogP contribution in [0.2, 0.25) is 0 Å². The number of ether oxygens (including phenoxy) is 1. The standard InChI is InChI=1S/C25H34N2O4S/c1-4-5-6-16-31-24-13-9-21(10-14-24)25(28)27(23-15-17-32(29,30)19-23)18-20-7-11-22(12-8-20)26(2)3/h7-14,23H,4-6,15-19H2,1-3H3/t23-/m0/s1. The van der Waals surface area contributed by atoms with Crippen molar-refractivity contribution < 1.29 is 17.9 Å². The van der Waals surface area contributed by atoms with Crippen molar-refractivity contribution in [1.29, 1.82) is 0 Å². The highest BCUT2D eigenvalue weighted by Gasteiger charge is 2.35. The number of carbonyl (C=O) groups is 1. The van der Waals surface area contributed by atoms with Gasteiger partial charge in [0.2, 0.25) is 0 Å². The smallest absolute Gasteiger partial charge is 0.254 e. The second-order valence-corrected chi connectivity index (χ2v) is 10.9. The van der Waals surface area contributed by atoms with Crippen LogP contribution in [0.4, 0.5) is 5.69 Å². The second-order valence-electron chi connectivity index (χ2n) is 8.63. The number of hydrogen-bond donors (Lipinski definition) is 0. The van der Waals surface area contributed by atoms with E-state index in [0.717, 1.165) is 36.3 Å². The number of carbonyl (C=O) groups excluding carboxylic acids is 1. The molecule has 32 heavy (non-hydrogen) atoms. The molecule has 1 amide bonds. The number of sulfone groups is 1. The number of anilines is 1. The molecule has 1 atom stereocenters. The summed E-state index contributed by atoms with van der Waals surface area (Å²) < 4.78 is 30.0. The zero-order valence-corrected chi connectivity index (χ0v) is 20.1. The summed E-state index contributed by atoms with van der Waals surface area (Å²) in [5.74, 6) is 0.742. The van der Waals surface area contributed by atoms with Crippen molar-refractivity contribution in [1.82, 2.24) is 4.90 Å². The number of hydrogen-bond acceptors (Lipinski definition) is 5. The fourth-order valence-corrected chi connectivity index (χ4v) is 5.62. The maximum absolute atomic E-state index is 13.4. The predicted octanol–water partition coefficient (Wildman–Crippen LogP) is 4.15. The van der Waals surface area contributed by atoms with Crippen LogP contribution >= 0.6 is 0 Å². The lowest BCUT2D eigenvalue weighted by atomic mass is 10.1. The van der Waals surface area contributed by atoms with Crippen LogP contribution < -0.4 is 9.64 Å². The Morgan fingerprint density at radius 3 is 2.28 bits per heavy atom. The molecule has 3 rings (SSSR count). The summed E-state index contributed by atoms with van der Waals surface area (Å²) in [6.45, 7) is 3.19. The van der Waals surface area contributed by atoms with E-state index in [0.29, 0.717) is 25.1 Å². The van der Waals surface area contributed by atoms with Crippen LogP contribution in [0.1, 0.15) is 48.5 Å². The first-order valence-corrected chi connectivity index (χ1v) is 13.1. The second kappa shape index (κ2) is 10.9. The van der Waals surface area contributed by atoms with Gasteiger partial charge in [-0.2, -0.15) is 0 Å². The van der Waals surface area contributed by atoms with E-state index in [1.165, 1.54) is 0 Å². The average Bonchev–Trinajstić information content (AvgIpc) is 3.14. The molecule has 0 N–H and O–H groups in total. The zero-order chi connectivity index (χ0) is 23.1. The highest BCUT2D eigenvalue weighted by atomic mass is 32.2. The molecule has 2 aromatic carbocycles. The topological polar surface area (TPSA) is 66.9 Å². The molecule has 0 spiro atoms. The Morgan fingerprint density at radius 2 is 1.72 bits per heavy atom. The van der Waals surface area contributed by atoms with Crippen LogP contribution in [0.3, 0.4) is 0 Å². The molecule has 174 valence electrons. The molecule has 1 aliphatic rings. The van der Waals surface area contributed by atoms with Crippen LogP contribution in [0, 0.1) is 0 Å². The van der Waals surface area contributed by atoms with E-state index < -0.39 is 9.84 Å². The third-order valence-electron chi connectivity index (χ3n) is 5.83. The summed E-state index contributed by atoms with van der Waals surface area (Å²) in [4.78, 5) is 17.1. The zero-order valence-electron chi connectivity index (χ0n) is 19.3. The molecule has 1 heterocycles.